The van der Waals surface area contributed by atoms with Crippen molar-refractivity contribution in [3.8, 4) is 6.07 Å². The van der Waals surface area contributed by atoms with Crippen LogP contribution in [-0.2, 0) is 13.0 Å². The Bertz CT molecular complexity index is 887. The Labute approximate surface area is 146 Å². The lowest BCUT2D eigenvalue weighted by Crippen LogP contribution is -2.06. The molecule has 1 heterocycles. The van der Waals surface area contributed by atoms with Crippen LogP contribution >= 0.6 is 11.6 Å². The molecule has 0 amide bonds. The summed E-state index contributed by atoms with van der Waals surface area (Å²) in [6.45, 7) is 2.55. The molecule has 0 spiro atoms. The van der Waals surface area contributed by atoms with E-state index >= 15 is 0 Å². The van der Waals surface area contributed by atoms with E-state index in [1.54, 1.807) is 4.68 Å². The number of hydrogen-bond donors (Lipinski definition) is 1. The van der Waals surface area contributed by atoms with Crippen LogP contribution in [-0.4, -0.2) is 9.78 Å². The van der Waals surface area contributed by atoms with Crippen molar-refractivity contribution in [1.82, 2.24) is 9.78 Å². The van der Waals surface area contributed by atoms with Gasteiger partial charge in [-0.3, -0.25) is 0 Å². The van der Waals surface area contributed by atoms with Crippen LogP contribution in [0.4, 0.5) is 5.82 Å². The smallest absolute Gasteiger partial charge is 0.140 e. The Morgan fingerprint density at radius 2 is 1.71 bits per heavy atom. The van der Waals surface area contributed by atoms with Crippen LogP contribution in [0.5, 0.6) is 0 Å². The topological polar surface area (TPSA) is 67.6 Å². The SMILES string of the molecule is Cc1ccc(Cc2nn(Cc3ccc(Cl)cc3)c(N)c2C#N)cc1. The number of aryl methyl sites for hydroxylation is 1. The first-order valence-electron chi connectivity index (χ1n) is 7.62. The zero-order valence-corrected chi connectivity index (χ0v) is 14.1. The molecule has 0 unspecified atom stereocenters. The molecular formula is C19H17ClN4. The van der Waals surface area contributed by atoms with Crippen LogP contribution in [0.15, 0.2) is 48.5 Å². The zero-order chi connectivity index (χ0) is 17.1. The maximum absolute atomic E-state index is 9.44. The minimum Gasteiger partial charge on any atom is -0.383 e. The molecule has 0 fully saturated rings. The third-order valence-corrected chi connectivity index (χ3v) is 4.17. The number of nitrogen functional groups attached to an aromatic ring is 1. The first kappa shape index (κ1) is 16.1. The van der Waals surface area contributed by atoms with Crippen molar-refractivity contribution < 1.29 is 0 Å². The summed E-state index contributed by atoms with van der Waals surface area (Å²) in [5, 5.41) is 14.7. The summed E-state index contributed by atoms with van der Waals surface area (Å²) in [6, 6.07) is 17.9. The van der Waals surface area contributed by atoms with E-state index in [0.717, 1.165) is 11.1 Å². The van der Waals surface area contributed by atoms with Crippen molar-refractivity contribution in [1.29, 1.82) is 5.26 Å². The normalized spacial score (nSPS) is 10.5. The van der Waals surface area contributed by atoms with Gasteiger partial charge in [-0.15, -0.1) is 0 Å². The van der Waals surface area contributed by atoms with E-state index in [0.29, 0.717) is 35.1 Å². The van der Waals surface area contributed by atoms with Gasteiger partial charge in [0.1, 0.15) is 17.5 Å². The van der Waals surface area contributed by atoms with Gasteiger partial charge in [0.2, 0.25) is 0 Å². The van der Waals surface area contributed by atoms with Crippen LogP contribution in [0.1, 0.15) is 27.9 Å². The van der Waals surface area contributed by atoms with Gasteiger partial charge in [0.25, 0.3) is 0 Å². The maximum atomic E-state index is 9.44. The first-order chi connectivity index (χ1) is 11.6. The lowest BCUT2D eigenvalue weighted by Gasteiger charge is -2.04. The Balaban J connectivity index is 1.89. The fourth-order valence-corrected chi connectivity index (χ4v) is 2.68. The van der Waals surface area contributed by atoms with Gasteiger partial charge in [-0.2, -0.15) is 10.4 Å². The second kappa shape index (κ2) is 6.77. The third-order valence-electron chi connectivity index (χ3n) is 3.91. The molecule has 0 aliphatic heterocycles. The first-order valence-corrected chi connectivity index (χ1v) is 8.00. The lowest BCUT2D eigenvalue weighted by atomic mass is 10.1. The Kier molecular flexibility index (Phi) is 4.54. The number of aromatic nitrogens is 2. The number of nitriles is 1. The molecule has 1 aromatic heterocycles. The number of anilines is 1. The van der Waals surface area contributed by atoms with Gasteiger partial charge in [-0.1, -0.05) is 53.6 Å². The number of benzene rings is 2. The van der Waals surface area contributed by atoms with E-state index in [4.69, 9.17) is 17.3 Å². The summed E-state index contributed by atoms with van der Waals surface area (Å²) in [6.07, 6.45) is 0.584. The second-order valence-electron chi connectivity index (χ2n) is 5.77. The average molecular weight is 337 g/mol. The quantitative estimate of drug-likeness (QED) is 0.784. The molecule has 3 aromatic rings. The Morgan fingerprint density at radius 3 is 2.33 bits per heavy atom. The van der Waals surface area contributed by atoms with Crippen molar-refractivity contribution in [2.45, 2.75) is 19.9 Å². The third kappa shape index (κ3) is 3.42. The predicted octanol–water partition coefficient (Wildman–Crippen LogP) is 3.94. The molecule has 3 rings (SSSR count). The van der Waals surface area contributed by atoms with Crippen LogP contribution in [0, 0.1) is 18.3 Å². The van der Waals surface area contributed by atoms with Gasteiger partial charge in [0, 0.05) is 11.4 Å². The molecule has 0 saturated heterocycles. The highest BCUT2D eigenvalue weighted by molar-refractivity contribution is 6.30. The van der Waals surface area contributed by atoms with Crippen LogP contribution in [0.25, 0.3) is 0 Å². The van der Waals surface area contributed by atoms with Gasteiger partial charge < -0.3 is 5.73 Å². The van der Waals surface area contributed by atoms with Gasteiger partial charge >= 0.3 is 0 Å². The van der Waals surface area contributed by atoms with E-state index in [2.05, 4.69) is 23.3 Å². The number of nitrogens with two attached hydrogens (primary N) is 1. The molecule has 120 valence electrons. The lowest BCUT2D eigenvalue weighted by molar-refractivity contribution is 0.685. The van der Waals surface area contributed by atoms with Crippen molar-refractivity contribution in [3.05, 3.63) is 81.5 Å². The minimum atomic E-state index is 0.398. The molecule has 0 bridgehead atoms. The highest BCUT2D eigenvalue weighted by atomic mass is 35.5. The van der Waals surface area contributed by atoms with Gasteiger partial charge in [0.15, 0.2) is 0 Å². The van der Waals surface area contributed by atoms with E-state index < -0.39 is 0 Å². The molecule has 4 nitrogen and oxygen atoms in total. The molecule has 2 N–H and O–H groups in total. The summed E-state index contributed by atoms with van der Waals surface area (Å²) >= 11 is 5.91. The summed E-state index contributed by atoms with van der Waals surface area (Å²) in [4.78, 5) is 0. The van der Waals surface area contributed by atoms with Crippen molar-refractivity contribution in [2.24, 2.45) is 0 Å². The van der Waals surface area contributed by atoms with E-state index in [9.17, 15) is 5.26 Å². The van der Waals surface area contributed by atoms with Gasteiger partial charge in [0.05, 0.1) is 12.2 Å². The summed E-state index contributed by atoms with van der Waals surface area (Å²) in [5.74, 6) is 0.398. The van der Waals surface area contributed by atoms with Crippen molar-refractivity contribution >= 4 is 17.4 Å². The van der Waals surface area contributed by atoms with Gasteiger partial charge in [-0.05, 0) is 30.2 Å². The fourth-order valence-electron chi connectivity index (χ4n) is 2.55. The minimum absolute atomic E-state index is 0.398. The van der Waals surface area contributed by atoms with E-state index in [-0.39, 0.29) is 0 Å². The van der Waals surface area contributed by atoms with Gasteiger partial charge in [-0.25, -0.2) is 4.68 Å². The van der Waals surface area contributed by atoms with Crippen LogP contribution in [0.3, 0.4) is 0 Å². The van der Waals surface area contributed by atoms with Crippen LogP contribution in [0.2, 0.25) is 5.02 Å². The highest BCUT2D eigenvalue weighted by Crippen LogP contribution is 2.21. The molecule has 0 atom stereocenters. The summed E-state index contributed by atoms with van der Waals surface area (Å²) < 4.78 is 1.67. The number of hydrogen-bond acceptors (Lipinski definition) is 3. The molecule has 5 heteroatoms. The molecule has 0 radical (unpaired) electrons. The largest absolute Gasteiger partial charge is 0.383 e. The second-order valence-corrected chi connectivity index (χ2v) is 6.20. The highest BCUT2D eigenvalue weighted by Gasteiger charge is 2.16. The van der Waals surface area contributed by atoms with E-state index in [1.807, 2.05) is 43.3 Å². The maximum Gasteiger partial charge on any atom is 0.140 e. The van der Waals surface area contributed by atoms with Crippen molar-refractivity contribution in [2.75, 3.05) is 5.73 Å². The number of nitrogens with zero attached hydrogens (tertiary/aromatic N) is 3. The Hall–Kier alpha value is -2.77. The molecule has 24 heavy (non-hydrogen) atoms. The standard InChI is InChI=1S/C19H17ClN4/c1-13-2-4-14(5-3-13)10-18-17(11-21)19(22)24(23-18)12-15-6-8-16(20)9-7-15/h2-9H,10,12,22H2,1H3. The molecule has 0 aliphatic carbocycles. The zero-order valence-electron chi connectivity index (χ0n) is 13.3. The number of rotatable bonds is 4. The summed E-state index contributed by atoms with van der Waals surface area (Å²) in [7, 11) is 0. The van der Waals surface area contributed by atoms with Crippen molar-refractivity contribution in [3.63, 3.8) is 0 Å². The Morgan fingerprint density at radius 1 is 1.08 bits per heavy atom. The molecule has 0 saturated carbocycles. The fraction of sp³-hybridized carbons (Fsp3) is 0.158. The molecule has 2 aromatic carbocycles. The van der Waals surface area contributed by atoms with E-state index in [1.165, 1.54) is 5.56 Å². The van der Waals surface area contributed by atoms with Crippen LogP contribution < -0.4 is 5.73 Å². The monoisotopic (exact) mass is 336 g/mol. The molecule has 0 aliphatic rings. The summed E-state index contributed by atoms with van der Waals surface area (Å²) in [5.41, 5.74) is 10.6. The predicted molar refractivity (Wildman–Crippen MR) is 95.9 cm³/mol. The molecular weight excluding hydrogens is 320 g/mol. The average Bonchev–Trinajstić information content (AvgIpc) is 2.86. The number of halogens is 1.